The van der Waals surface area contributed by atoms with Gasteiger partial charge < -0.3 is 14.1 Å². The van der Waals surface area contributed by atoms with Crippen LogP contribution in [0.15, 0.2) is 34.9 Å². The van der Waals surface area contributed by atoms with E-state index in [1.54, 1.807) is 6.20 Å². The number of amides is 1. The summed E-state index contributed by atoms with van der Waals surface area (Å²) in [6.07, 6.45) is 7.01. The first-order valence-electron chi connectivity index (χ1n) is 11.2. The molecule has 0 aliphatic carbocycles. The summed E-state index contributed by atoms with van der Waals surface area (Å²) in [5.74, 6) is 1.42. The topological polar surface area (TPSA) is 58.8 Å². The first kappa shape index (κ1) is 22.2. The molecule has 6 nitrogen and oxygen atoms in total. The van der Waals surface area contributed by atoms with Gasteiger partial charge in [0.05, 0.1) is 18.8 Å². The Kier molecular flexibility index (Phi) is 6.58. The Labute approximate surface area is 189 Å². The Balaban J connectivity index is 1.47. The number of ether oxygens (including phenoxy) is 1. The zero-order valence-electron chi connectivity index (χ0n) is 18.6. The summed E-state index contributed by atoms with van der Waals surface area (Å²) in [4.78, 5) is 21.7. The molecule has 4 rings (SSSR count). The van der Waals surface area contributed by atoms with Crippen LogP contribution in [0, 0.1) is 0 Å². The Morgan fingerprint density at radius 3 is 2.77 bits per heavy atom. The van der Waals surface area contributed by atoms with Crippen LogP contribution in [0.3, 0.4) is 0 Å². The fourth-order valence-corrected chi connectivity index (χ4v) is 4.91. The SMILES string of the molecule is CC(C)(C)OC(=O)N1CCC[C@@H]1[C@@H]1CCCCN1Cc1ncc(-c2cccc(Cl)c2)o1. The van der Waals surface area contributed by atoms with Crippen LogP contribution in [0.2, 0.25) is 5.02 Å². The second kappa shape index (κ2) is 9.21. The monoisotopic (exact) mass is 445 g/mol. The molecule has 2 aliphatic rings. The number of aromatic nitrogens is 1. The Morgan fingerprint density at radius 1 is 1.19 bits per heavy atom. The molecular formula is C24H32ClN3O3. The average molecular weight is 446 g/mol. The zero-order chi connectivity index (χ0) is 22.0. The van der Waals surface area contributed by atoms with E-state index in [-0.39, 0.29) is 12.1 Å². The van der Waals surface area contributed by atoms with E-state index in [9.17, 15) is 4.79 Å². The molecular weight excluding hydrogens is 414 g/mol. The lowest BCUT2D eigenvalue weighted by Gasteiger charge is -2.41. The lowest BCUT2D eigenvalue weighted by molar-refractivity contribution is 0.00541. The largest absolute Gasteiger partial charge is 0.444 e. The lowest BCUT2D eigenvalue weighted by atomic mass is 9.94. The van der Waals surface area contributed by atoms with Gasteiger partial charge in [-0.2, -0.15) is 0 Å². The predicted molar refractivity (Wildman–Crippen MR) is 121 cm³/mol. The second-order valence-electron chi connectivity index (χ2n) is 9.55. The number of piperidine rings is 1. The van der Waals surface area contributed by atoms with Gasteiger partial charge in [-0.25, -0.2) is 9.78 Å². The molecule has 0 radical (unpaired) electrons. The lowest BCUT2D eigenvalue weighted by Crippen LogP contribution is -2.53. The summed E-state index contributed by atoms with van der Waals surface area (Å²) in [7, 11) is 0. The molecule has 168 valence electrons. The van der Waals surface area contributed by atoms with Gasteiger partial charge in [0.15, 0.2) is 5.76 Å². The normalized spacial score (nSPS) is 22.6. The molecule has 2 saturated heterocycles. The van der Waals surface area contributed by atoms with Crippen LogP contribution in [0.25, 0.3) is 11.3 Å². The summed E-state index contributed by atoms with van der Waals surface area (Å²) in [6, 6.07) is 8.08. The minimum Gasteiger partial charge on any atom is -0.444 e. The van der Waals surface area contributed by atoms with Crippen LogP contribution in [-0.4, -0.2) is 51.7 Å². The van der Waals surface area contributed by atoms with E-state index in [2.05, 4.69) is 9.88 Å². The molecule has 2 atom stereocenters. The van der Waals surface area contributed by atoms with Crippen molar-refractivity contribution in [3.05, 3.63) is 41.4 Å². The highest BCUT2D eigenvalue weighted by atomic mass is 35.5. The number of carbonyl (C=O) groups excluding carboxylic acids is 1. The van der Waals surface area contributed by atoms with Gasteiger partial charge in [-0.05, 0) is 65.1 Å². The molecule has 0 bridgehead atoms. The van der Waals surface area contributed by atoms with Gasteiger partial charge in [0.25, 0.3) is 0 Å². The first-order valence-corrected chi connectivity index (χ1v) is 11.6. The number of hydrogen-bond acceptors (Lipinski definition) is 5. The molecule has 1 aromatic heterocycles. The van der Waals surface area contributed by atoms with Crippen molar-refractivity contribution in [1.29, 1.82) is 0 Å². The van der Waals surface area contributed by atoms with E-state index in [1.807, 2.05) is 49.9 Å². The van der Waals surface area contributed by atoms with E-state index in [0.29, 0.717) is 23.5 Å². The number of oxazole rings is 1. The van der Waals surface area contributed by atoms with Crippen molar-refractivity contribution in [3.8, 4) is 11.3 Å². The number of benzene rings is 1. The van der Waals surface area contributed by atoms with E-state index < -0.39 is 5.60 Å². The van der Waals surface area contributed by atoms with Crippen molar-refractivity contribution < 1.29 is 13.9 Å². The van der Waals surface area contributed by atoms with E-state index in [1.165, 1.54) is 6.42 Å². The maximum atomic E-state index is 12.8. The molecule has 0 N–H and O–H groups in total. The number of halogens is 1. The highest BCUT2D eigenvalue weighted by molar-refractivity contribution is 6.30. The maximum absolute atomic E-state index is 12.8. The van der Waals surface area contributed by atoms with Crippen molar-refractivity contribution in [2.75, 3.05) is 13.1 Å². The van der Waals surface area contributed by atoms with Gasteiger partial charge >= 0.3 is 6.09 Å². The fourth-order valence-electron chi connectivity index (χ4n) is 4.72. The molecule has 0 saturated carbocycles. The molecule has 2 aromatic rings. The van der Waals surface area contributed by atoms with E-state index in [4.69, 9.17) is 20.8 Å². The average Bonchev–Trinajstić information content (AvgIpc) is 3.37. The van der Waals surface area contributed by atoms with Gasteiger partial charge in [-0.3, -0.25) is 4.90 Å². The van der Waals surface area contributed by atoms with Crippen LogP contribution >= 0.6 is 11.6 Å². The number of nitrogens with zero attached hydrogens (tertiary/aromatic N) is 3. The van der Waals surface area contributed by atoms with Gasteiger partial charge in [0.1, 0.15) is 5.60 Å². The van der Waals surface area contributed by atoms with Crippen LogP contribution < -0.4 is 0 Å². The Morgan fingerprint density at radius 2 is 2.00 bits per heavy atom. The summed E-state index contributed by atoms with van der Waals surface area (Å²) in [5.41, 5.74) is 0.444. The summed E-state index contributed by atoms with van der Waals surface area (Å²) in [5, 5.41) is 0.676. The number of rotatable bonds is 4. The van der Waals surface area contributed by atoms with E-state index in [0.717, 1.165) is 50.1 Å². The molecule has 2 fully saturated rings. The molecule has 1 aromatic carbocycles. The van der Waals surface area contributed by atoms with Gasteiger partial charge in [0.2, 0.25) is 5.89 Å². The second-order valence-corrected chi connectivity index (χ2v) is 9.98. The smallest absolute Gasteiger partial charge is 0.410 e. The quantitative estimate of drug-likeness (QED) is 0.599. The molecule has 1 amide bonds. The first-order chi connectivity index (χ1) is 14.8. The molecule has 3 heterocycles. The molecule has 31 heavy (non-hydrogen) atoms. The van der Waals surface area contributed by atoms with Crippen LogP contribution in [-0.2, 0) is 11.3 Å². The van der Waals surface area contributed by atoms with Crippen LogP contribution in [0.1, 0.15) is 58.8 Å². The van der Waals surface area contributed by atoms with Crippen molar-refractivity contribution in [2.45, 2.75) is 77.1 Å². The van der Waals surface area contributed by atoms with Gasteiger partial charge in [-0.1, -0.05) is 30.2 Å². The highest BCUT2D eigenvalue weighted by Crippen LogP contribution is 2.32. The zero-order valence-corrected chi connectivity index (χ0v) is 19.4. The maximum Gasteiger partial charge on any atom is 0.410 e. The molecule has 0 spiro atoms. The molecule has 7 heteroatoms. The van der Waals surface area contributed by atoms with Crippen molar-refractivity contribution in [3.63, 3.8) is 0 Å². The minimum absolute atomic E-state index is 0.178. The third-order valence-electron chi connectivity index (χ3n) is 6.04. The highest BCUT2D eigenvalue weighted by Gasteiger charge is 2.40. The molecule has 0 unspecified atom stereocenters. The number of hydrogen-bond donors (Lipinski definition) is 0. The summed E-state index contributed by atoms with van der Waals surface area (Å²) < 4.78 is 11.7. The number of carbonyl (C=O) groups is 1. The van der Waals surface area contributed by atoms with Gasteiger partial charge in [-0.15, -0.1) is 0 Å². The standard InChI is InChI=1S/C24H32ClN3O3/c1-24(2,3)31-23(29)28-13-7-11-20(28)19-10-4-5-12-27(19)16-22-26-15-21(30-22)17-8-6-9-18(25)14-17/h6,8-9,14-15,19-20H,4-5,7,10-13,16H2,1-3H3/t19-,20+/m0/s1. The fraction of sp³-hybridized carbons (Fsp3) is 0.583. The predicted octanol–water partition coefficient (Wildman–Crippen LogP) is 5.75. The van der Waals surface area contributed by atoms with Crippen LogP contribution in [0.4, 0.5) is 4.79 Å². The van der Waals surface area contributed by atoms with Crippen LogP contribution in [0.5, 0.6) is 0 Å². The minimum atomic E-state index is -0.481. The van der Waals surface area contributed by atoms with Crippen molar-refractivity contribution >= 4 is 17.7 Å². The molecule has 2 aliphatic heterocycles. The van der Waals surface area contributed by atoms with Crippen molar-refractivity contribution in [1.82, 2.24) is 14.8 Å². The van der Waals surface area contributed by atoms with Gasteiger partial charge in [0, 0.05) is 23.2 Å². The van der Waals surface area contributed by atoms with Crippen molar-refractivity contribution in [2.24, 2.45) is 0 Å². The Hall–Kier alpha value is -2.05. The summed E-state index contributed by atoms with van der Waals surface area (Å²) in [6.45, 7) is 8.15. The number of likely N-dealkylation sites (tertiary alicyclic amines) is 2. The van der Waals surface area contributed by atoms with E-state index >= 15 is 0 Å². The third kappa shape index (κ3) is 5.42. The summed E-state index contributed by atoms with van der Waals surface area (Å²) >= 11 is 6.12. The Bertz CT molecular complexity index is 907. The third-order valence-corrected chi connectivity index (χ3v) is 6.27.